The molecule has 0 radical (unpaired) electrons. The van der Waals surface area contributed by atoms with Gasteiger partial charge in [-0.05, 0) is 88.8 Å². The maximum Gasteiger partial charge on any atom is 0.0723 e. The Bertz CT molecular complexity index is 559. The molecule has 0 aromatic rings. The predicted molar refractivity (Wildman–Crippen MR) is 120 cm³/mol. The van der Waals surface area contributed by atoms with Crippen molar-refractivity contribution in [2.24, 2.45) is 23.7 Å². The first kappa shape index (κ1) is 21.6. The lowest BCUT2D eigenvalue weighted by atomic mass is 9.88. The van der Waals surface area contributed by atoms with E-state index in [1.807, 2.05) is 6.08 Å². The number of rotatable bonds is 10. The number of nitrogens with zero attached hydrogens (tertiary/aromatic N) is 1. The maximum absolute atomic E-state index is 10.6. The van der Waals surface area contributed by atoms with Crippen molar-refractivity contribution in [2.75, 3.05) is 19.6 Å². The van der Waals surface area contributed by atoms with E-state index in [9.17, 15) is 10.2 Å². The molecule has 0 unspecified atom stereocenters. The predicted octanol–water partition coefficient (Wildman–Crippen LogP) is 5.08. The van der Waals surface area contributed by atoms with Crippen LogP contribution in [-0.2, 0) is 0 Å². The topological polar surface area (TPSA) is 43.7 Å². The van der Waals surface area contributed by atoms with Crippen LogP contribution in [0.2, 0.25) is 0 Å². The summed E-state index contributed by atoms with van der Waals surface area (Å²) in [6, 6.07) is 0. The first-order valence-electron chi connectivity index (χ1n) is 12.7. The molecule has 2 saturated carbocycles. The standard InChI is InChI=1S/C26H43NO2/c28-23(17-20-8-3-4-9-20)11-12-24-25-18-21(16-22(25)19-26(24)29)10-2-1-5-13-27-14-6-7-15-27/h11-12,16,20,22-26,28-29H,1-10,13-15,17-19H2/t22-,23+,24+,25-,26+/m0/s1. The first-order valence-corrected chi connectivity index (χ1v) is 12.7. The summed E-state index contributed by atoms with van der Waals surface area (Å²) in [7, 11) is 0. The van der Waals surface area contributed by atoms with Gasteiger partial charge in [-0.25, -0.2) is 0 Å². The van der Waals surface area contributed by atoms with Crippen LogP contribution in [0.4, 0.5) is 0 Å². The van der Waals surface area contributed by atoms with Crippen LogP contribution in [0, 0.1) is 23.7 Å². The molecule has 0 aromatic carbocycles. The quantitative estimate of drug-likeness (QED) is 0.396. The molecule has 3 nitrogen and oxygen atoms in total. The first-order chi connectivity index (χ1) is 14.2. The fraction of sp³-hybridized carbons (Fsp3) is 0.846. The van der Waals surface area contributed by atoms with Gasteiger partial charge in [0.25, 0.3) is 0 Å². The molecule has 1 saturated heterocycles. The lowest BCUT2D eigenvalue weighted by molar-refractivity contribution is 0.139. The Morgan fingerprint density at radius 2 is 1.86 bits per heavy atom. The number of hydrogen-bond donors (Lipinski definition) is 2. The van der Waals surface area contributed by atoms with Gasteiger partial charge < -0.3 is 15.1 Å². The molecule has 4 aliphatic rings. The van der Waals surface area contributed by atoms with E-state index in [1.54, 1.807) is 5.57 Å². The third-order valence-electron chi connectivity index (χ3n) is 8.23. The van der Waals surface area contributed by atoms with Crippen LogP contribution < -0.4 is 0 Å². The SMILES string of the molecule is O[C@H](C=C[C@@H]1[C@H]2CC(CCCCCN3CCCC3)=C[C@H]2C[C@H]1O)CC1CCCC1. The van der Waals surface area contributed by atoms with E-state index < -0.39 is 0 Å². The lowest BCUT2D eigenvalue weighted by Gasteiger charge is -2.19. The number of aliphatic hydroxyl groups excluding tert-OH is 2. The molecular formula is C26H43NO2. The normalized spacial score (nSPS) is 34.3. The summed E-state index contributed by atoms with van der Waals surface area (Å²) in [5.74, 6) is 2.08. The summed E-state index contributed by atoms with van der Waals surface area (Å²) in [5.41, 5.74) is 1.64. The van der Waals surface area contributed by atoms with Gasteiger partial charge in [0.1, 0.15) is 0 Å². The van der Waals surface area contributed by atoms with Crippen molar-refractivity contribution < 1.29 is 10.2 Å². The third kappa shape index (κ3) is 5.95. The van der Waals surface area contributed by atoms with Crippen molar-refractivity contribution in [1.29, 1.82) is 0 Å². The van der Waals surface area contributed by atoms with Gasteiger partial charge in [-0.2, -0.15) is 0 Å². The maximum atomic E-state index is 10.6. The van der Waals surface area contributed by atoms with Gasteiger partial charge >= 0.3 is 0 Å². The number of likely N-dealkylation sites (tertiary alicyclic amines) is 1. The molecule has 4 rings (SSSR count). The van der Waals surface area contributed by atoms with Crippen molar-refractivity contribution >= 4 is 0 Å². The van der Waals surface area contributed by atoms with Crippen molar-refractivity contribution in [1.82, 2.24) is 4.90 Å². The van der Waals surface area contributed by atoms with Crippen molar-refractivity contribution in [3.63, 3.8) is 0 Å². The molecule has 0 spiro atoms. The summed E-state index contributed by atoms with van der Waals surface area (Å²) >= 11 is 0. The van der Waals surface area contributed by atoms with Gasteiger partial charge in [0.05, 0.1) is 12.2 Å². The number of unbranched alkanes of at least 4 members (excludes halogenated alkanes) is 2. The highest BCUT2D eigenvalue weighted by Gasteiger charge is 2.43. The number of fused-ring (bicyclic) bond motifs is 1. The number of allylic oxidation sites excluding steroid dienone is 2. The molecule has 2 N–H and O–H groups in total. The summed E-state index contributed by atoms with van der Waals surface area (Å²) in [6.45, 7) is 3.94. The van der Waals surface area contributed by atoms with Gasteiger partial charge in [0, 0.05) is 5.92 Å². The van der Waals surface area contributed by atoms with Crippen molar-refractivity contribution in [2.45, 2.75) is 95.7 Å². The Morgan fingerprint density at radius 1 is 1.07 bits per heavy atom. The molecule has 3 fully saturated rings. The molecule has 0 amide bonds. The minimum absolute atomic E-state index is 0.224. The van der Waals surface area contributed by atoms with E-state index in [4.69, 9.17) is 0 Å². The number of aliphatic hydroxyl groups is 2. The van der Waals surface area contributed by atoms with Gasteiger partial charge in [-0.3, -0.25) is 0 Å². The second-order valence-electron chi connectivity index (χ2n) is 10.4. The third-order valence-corrected chi connectivity index (χ3v) is 8.23. The van der Waals surface area contributed by atoms with Crippen molar-refractivity contribution in [3.8, 4) is 0 Å². The van der Waals surface area contributed by atoms with Crippen LogP contribution in [-0.4, -0.2) is 47.0 Å². The Labute approximate surface area is 178 Å². The zero-order valence-electron chi connectivity index (χ0n) is 18.4. The highest BCUT2D eigenvalue weighted by atomic mass is 16.3. The second kappa shape index (κ2) is 10.6. The van der Waals surface area contributed by atoms with Crippen LogP contribution in [0.3, 0.4) is 0 Å². The average molecular weight is 402 g/mol. The van der Waals surface area contributed by atoms with Crippen LogP contribution in [0.25, 0.3) is 0 Å². The lowest BCUT2D eigenvalue weighted by Crippen LogP contribution is -2.20. The van der Waals surface area contributed by atoms with Gasteiger partial charge in [0.15, 0.2) is 0 Å². The fourth-order valence-corrected chi connectivity index (χ4v) is 6.58. The zero-order chi connectivity index (χ0) is 20.1. The van der Waals surface area contributed by atoms with Gasteiger partial charge in [-0.1, -0.05) is 55.9 Å². The largest absolute Gasteiger partial charge is 0.392 e. The second-order valence-corrected chi connectivity index (χ2v) is 10.4. The van der Waals surface area contributed by atoms with E-state index in [0.29, 0.717) is 17.8 Å². The molecule has 29 heavy (non-hydrogen) atoms. The monoisotopic (exact) mass is 401 g/mol. The van der Waals surface area contributed by atoms with Gasteiger partial charge in [-0.15, -0.1) is 0 Å². The average Bonchev–Trinajstić information content (AvgIpc) is 3.46. The fourth-order valence-electron chi connectivity index (χ4n) is 6.58. The van der Waals surface area contributed by atoms with E-state index in [0.717, 1.165) is 12.8 Å². The zero-order valence-corrected chi connectivity index (χ0v) is 18.4. The van der Waals surface area contributed by atoms with E-state index >= 15 is 0 Å². The smallest absolute Gasteiger partial charge is 0.0723 e. The molecule has 0 aromatic heterocycles. The summed E-state index contributed by atoms with van der Waals surface area (Å²) < 4.78 is 0. The molecule has 3 aliphatic carbocycles. The van der Waals surface area contributed by atoms with E-state index in [2.05, 4.69) is 17.1 Å². The van der Waals surface area contributed by atoms with E-state index in [-0.39, 0.29) is 18.1 Å². The van der Waals surface area contributed by atoms with E-state index in [1.165, 1.54) is 90.3 Å². The molecule has 3 heteroatoms. The molecule has 1 aliphatic heterocycles. The molecule has 0 bridgehead atoms. The van der Waals surface area contributed by atoms with Crippen molar-refractivity contribution in [3.05, 3.63) is 23.8 Å². The summed E-state index contributed by atoms with van der Waals surface area (Å²) in [5, 5.41) is 21.0. The van der Waals surface area contributed by atoms with Crippen LogP contribution in [0.5, 0.6) is 0 Å². The minimum Gasteiger partial charge on any atom is -0.392 e. The highest BCUT2D eigenvalue weighted by Crippen LogP contribution is 2.48. The Hall–Kier alpha value is -0.640. The minimum atomic E-state index is -0.325. The van der Waals surface area contributed by atoms with Crippen LogP contribution in [0.1, 0.15) is 83.5 Å². The van der Waals surface area contributed by atoms with Crippen LogP contribution >= 0.6 is 0 Å². The Morgan fingerprint density at radius 3 is 2.66 bits per heavy atom. The molecule has 1 heterocycles. The number of hydrogen-bond acceptors (Lipinski definition) is 3. The summed E-state index contributed by atoms with van der Waals surface area (Å²) in [4.78, 5) is 2.62. The Balaban J connectivity index is 1.17. The molecular weight excluding hydrogens is 358 g/mol. The highest BCUT2D eigenvalue weighted by molar-refractivity contribution is 5.21. The van der Waals surface area contributed by atoms with Crippen LogP contribution in [0.15, 0.2) is 23.8 Å². The summed E-state index contributed by atoms with van der Waals surface area (Å²) in [6.07, 6.45) is 22.4. The van der Waals surface area contributed by atoms with Gasteiger partial charge in [0.2, 0.25) is 0 Å². The molecule has 5 atom stereocenters. The molecule has 164 valence electrons. The Kier molecular flexibility index (Phi) is 7.89.